The highest BCUT2D eigenvalue weighted by molar-refractivity contribution is 6.03. The number of carboxylic acid groups (broad SMARTS) is 1. The van der Waals surface area contributed by atoms with Crippen LogP contribution in [0.3, 0.4) is 0 Å². The van der Waals surface area contributed by atoms with E-state index < -0.39 is 17.8 Å². The minimum Gasteiger partial charge on any atom is -0.508 e. The topological polar surface area (TPSA) is 156 Å². The van der Waals surface area contributed by atoms with Crippen molar-refractivity contribution >= 4 is 40.0 Å². The standard InChI is InChI=1S/C40H43F3N8O3.CH2O2/c1-2-29-32(42)6-3-23-15-28(52)16-30(33(23)29)35-34(43)36-31(18-45-35)37(48-38(47-36)54-22-40(10-11-40)21-49-13-8-24(41)9-14-49)50-19-26-4-5-27(20-50)51(26)39(53)46-25-7-12-44-17-25;2-1-3/h1,3,6,15-16,18,24-27,44,52H,4-5,7-14,17,19-22H2,(H,46,53);1H,(H,2,3). The van der Waals surface area contributed by atoms with Gasteiger partial charge in [-0.2, -0.15) is 9.97 Å². The monoisotopic (exact) mass is 786 g/mol. The van der Waals surface area contributed by atoms with Crippen molar-refractivity contribution < 1.29 is 37.7 Å². The number of carbonyl (C=O) groups excluding carboxylic acids is 1. The van der Waals surface area contributed by atoms with E-state index in [4.69, 9.17) is 26.0 Å². The van der Waals surface area contributed by atoms with Crippen LogP contribution in [0.15, 0.2) is 30.5 Å². The molecule has 4 aromatic rings. The van der Waals surface area contributed by atoms with Gasteiger partial charge in [0, 0.05) is 67.9 Å². The lowest BCUT2D eigenvalue weighted by molar-refractivity contribution is -0.122. The molecule has 2 amide bonds. The maximum absolute atomic E-state index is 17.1. The SMILES string of the molecule is C#Cc1c(F)ccc2cc(O)cc(-c3ncc4c(N5CC6CCC(C5)N6C(=O)NC5CCNC5)nc(OCC5(CN6CCC(F)CC6)CC5)nc4c3F)c12.O=CO. The number of nitrogens with zero attached hydrogens (tertiary/aromatic N) is 6. The number of alkyl halides is 1. The molecular weight excluding hydrogens is 741 g/mol. The fourth-order valence-corrected chi connectivity index (χ4v) is 8.98. The van der Waals surface area contributed by atoms with E-state index in [1.807, 2.05) is 4.90 Å². The number of nitrogens with one attached hydrogen (secondary N) is 2. The Morgan fingerprint density at radius 2 is 1.84 bits per heavy atom. The first-order chi connectivity index (χ1) is 27.6. The molecule has 2 bridgehead atoms. The Morgan fingerprint density at radius 1 is 1.11 bits per heavy atom. The highest BCUT2D eigenvalue weighted by Gasteiger charge is 2.46. The summed E-state index contributed by atoms with van der Waals surface area (Å²) in [7, 11) is 0. The van der Waals surface area contributed by atoms with E-state index in [0.717, 1.165) is 51.7 Å². The van der Waals surface area contributed by atoms with Crippen LogP contribution in [-0.2, 0) is 4.79 Å². The molecule has 6 heterocycles. The summed E-state index contributed by atoms with van der Waals surface area (Å²) in [6.45, 7) is 4.88. The highest BCUT2D eigenvalue weighted by atomic mass is 19.1. The molecule has 9 rings (SSSR count). The minimum atomic E-state index is -0.790. The number of hydrogen-bond donors (Lipinski definition) is 4. The number of halogens is 3. The zero-order valence-electron chi connectivity index (χ0n) is 31.4. The number of anilines is 1. The van der Waals surface area contributed by atoms with Gasteiger partial charge in [-0.1, -0.05) is 12.0 Å². The normalized spacial score (nSPS) is 22.9. The van der Waals surface area contributed by atoms with Gasteiger partial charge in [0.25, 0.3) is 6.47 Å². The van der Waals surface area contributed by atoms with Crippen molar-refractivity contribution in [2.45, 2.75) is 69.2 Å². The zero-order valence-corrected chi connectivity index (χ0v) is 31.4. The van der Waals surface area contributed by atoms with Crippen molar-refractivity contribution in [3.63, 3.8) is 0 Å². The second kappa shape index (κ2) is 15.9. The summed E-state index contributed by atoms with van der Waals surface area (Å²) in [6.07, 6.45) is 12.0. The number of piperazine rings is 1. The van der Waals surface area contributed by atoms with Gasteiger partial charge in [0.1, 0.15) is 34.8 Å². The second-order valence-corrected chi connectivity index (χ2v) is 15.9. The molecule has 13 nitrogen and oxygen atoms in total. The van der Waals surface area contributed by atoms with Gasteiger partial charge in [-0.15, -0.1) is 6.42 Å². The summed E-state index contributed by atoms with van der Waals surface area (Å²) in [5.41, 5.74) is -0.246. The summed E-state index contributed by atoms with van der Waals surface area (Å²) >= 11 is 0. The van der Waals surface area contributed by atoms with E-state index >= 15 is 4.39 Å². The van der Waals surface area contributed by atoms with Crippen molar-refractivity contribution in [2.75, 3.05) is 57.3 Å². The molecule has 3 unspecified atom stereocenters. The van der Waals surface area contributed by atoms with Crippen LogP contribution in [0, 0.1) is 29.4 Å². The van der Waals surface area contributed by atoms with Crippen LogP contribution in [0.5, 0.6) is 11.8 Å². The van der Waals surface area contributed by atoms with Gasteiger partial charge < -0.3 is 40.3 Å². The number of urea groups is 1. The Kier molecular flexibility index (Phi) is 10.7. The molecule has 5 aliphatic rings. The number of phenols is 1. The Hall–Kier alpha value is -5.40. The van der Waals surface area contributed by atoms with Crippen molar-refractivity contribution in [2.24, 2.45) is 5.41 Å². The molecule has 3 atom stereocenters. The number of likely N-dealkylation sites (tertiary alicyclic amines) is 1. The zero-order chi connectivity index (χ0) is 39.8. The molecule has 4 aliphatic heterocycles. The van der Waals surface area contributed by atoms with Gasteiger partial charge in [0.15, 0.2) is 5.82 Å². The first kappa shape index (κ1) is 38.5. The number of terminal acetylenes is 1. The highest BCUT2D eigenvalue weighted by Crippen LogP contribution is 2.47. The van der Waals surface area contributed by atoms with Crippen LogP contribution < -0.4 is 20.3 Å². The molecule has 2 aromatic heterocycles. The Balaban J connectivity index is 0.00000147. The number of fused-ring (bicyclic) bond motifs is 4. The van der Waals surface area contributed by atoms with Gasteiger partial charge in [-0.3, -0.25) is 9.78 Å². The molecule has 4 saturated heterocycles. The number of aromatic nitrogens is 3. The van der Waals surface area contributed by atoms with E-state index in [0.29, 0.717) is 62.2 Å². The summed E-state index contributed by atoms with van der Waals surface area (Å²) in [4.78, 5) is 42.2. The number of hydrogen-bond acceptors (Lipinski definition) is 10. The number of aromatic hydroxyl groups is 1. The lowest BCUT2D eigenvalue weighted by atomic mass is 9.96. The average Bonchev–Trinajstić information content (AvgIpc) is 3.65. The molecule has 16 heteroatoms. The number of carbonyl (C=O) groups is 2. The lowest BCUT2D eigenvalue weighted by Crippen LogP contribution is -2.59. The van der Waals surface area contributed by atoms with Crippen molar-refractivity contribution in [3.05, 3.63) is 47.7 Å². The smallest absolute Gasteiger partial charge is 0.319 e. The first-order valence-corrected chi connectivity index (χ1v) is 19.5. The van der Waals surface area contributed by atoms with E-state index in [1.54, 1.807) is 0 Å². The average molecular weight is 787 g/mol. The van der Waals surface area contributed by atoms with Gasteiger partial charge in [0.05, 0.1) is 29.6 Å². The molecule has 0 spiro atoms. The Morgan fingerprint density at radius 3 is 2.51 bits per heavy atom. The third-order valence-corrected chi connectivity index (χ3v) is 12.0. The predicted molar refractivity (Wildman–Crippen MR) is 207 cm³/mol. The number of benzene rings is 2. The molecule has 2 aromatic carbocycles. The summed E-state index contributed by atoms with van der Waals surface area (Å²) in [5.74, 6) is 1.24. The van der Waals surface area contributed by atoms with Gasteiger partial charge in [0.2, 0.25) is 0 Å². The Labute approximate surface area is 327 Å². The predicted octanol–water partition coefficient (Wildman–Crippen LogP) is 4.83. The Bertz CT molecular complexity index is 2210. The molecule has 300 valence electrons. The van der Waals surface area contributed by atoms with Crippen LogP contribution in [-0.4, -0.2) is 124 Å². The minimum absolute atomic E-state index is 0.0136. The number of amides is 2. The summed E-state index contributed by atoms with van der Waals surface area (Å²) in [5, 5.41) is 25.1. The molecule has 57 heavy (non-hydrogen) atoms. The first-order valence-electron chi connectivity index (χ1n) is 19.5. The molecular formula is C41H45F3N8O5. The van der Waals surface area contributed by atoms with Crippen LogP contribution in [0.2, 0.25) is 0 Å². The van der Waals surface area contributed by atoms with Crippen molar-refractivity contribution in [1.29, 1.82) is 0 Å². The number of ether oxygens (including phenoxy) is 1. The van der Waals surface area contributed by atoms with Gasteiger partial charge in [-0.05, 0) is 75.1 Å². The van der Waals surface area contributed by atoms with Crippen LogP contribution in [0.25, 0.3) is 32.9 Å². The van der Waals surface area contributed by atoms with Crippen molar-refractivity contribution in [1.82, 2.24) is 35.4 Å². The fraction of sp³-hybridized carbons (Fsp3) is 0.488. The summed E-state index contributed by atoms with van der Waals surface area (Å²) < 4.78 is 52.2. The number of rotatable bonds is 8. The van der Waals surface area contributed by atoms with Crippen molar-refractivity contribution in [3.8, 4) is 35.4 Å². The molecule has 4 N–H and O–H groups in total. The van der Waals surface area contributed by atoms with Gasteiger partial charge in [-0.25, -0.2) is 18.0 Å². The van der Waals surface area contributed by atoms with Crippen LogP contribution >= 0.6 is 0 Å². The van der Waals surface area contributed by atoms with E-state index in [-0.39, 0.29) is 75.5 Å². The van der Waals surface area contributed by atoms with E-state index in [9.17, 15) is 18.7 Å². The quantitative estimate of drug-likeness (QED) is 0.143. The molecule has 1 aliphatic carbocycles. The summed E-state index contributed by atoms with van der Waals surface area (Å²) in [6, 6.07) is 5.38. The maximum Gasteiger partial charge on any atom is 0.319 e. The van der Waals surface area contributed by atoms with Crippen LogP contribution in [0.4, 0.5) is 23.8 Å². The van der Waals surface area contributed by atoms with Gasteiger partial charge >= 0.3 is 12.0 Å². The molecule has 0 radical (unpaired) electrons. The molecule has 5 fully saturated rings. The number of phenolic OH excluding ortho intramolecular Hbond substituents is 1. The number of pyridine rings is 1. The third-order valence-electron chi connectivity index (χ3n) is 12.0. The largest absolute Gasteiger partial charge is 0.508 e. The molecule has 1 saturated carbocycles. The maximum atomic E-state index is 17.1. The lowest BCUT2D eigenvalue weighted by Gasteiger charge is -2.42. The van der Waals surface area contributed by atoms with E-state index in [1.165, 1.54) is 30.5 Å². The van der Waals surface area contributed by atoms with E-state index in [2.05, 4.69) is 36.3 Å². The fourth-order valence-electron chi connectivity index (χ4n) is 8.98. The second-order valence-electron chi connectivity index (χ2n) is 15.9. The number of piperidine rings is 1. The van der Waals surface area contributed by atoms with Crippen LogP contribution in [0.1, 0.15) is 50.5 Å². The third kappa shape index (κ3) is 7.70.